The average molecular weight is 508 g/mol. The zero-order valence-corrected chi connectivity index (χ0v) is 21.7. The second-order valence-corrected chi connectivity index (χ2v) is 9.30. The van der Waals surface area contributed by atoms with Crippen molar-refractivity contribution < 1.29 is 13.6 Å². The van der Waals surface area contributed by atoms with Gasteiger partial charge in [0.2, 0.25) is 0 Å². The number of para-hydroxylation sites is 1. The van der Waals surface area contributed by atoms with Crippen LogP contribution in [0.4, 0.5) is 15.8 Å². The zero-order chi connectivity index (χ0) is 26.6. The molecule has 0 atom stereocenters. The molecule has 0 aliphatic rings. The fourth-order valence-electron chi connectivity index (χ4n) is 4.68. The molecule has 5 rings (SSSR count). The Morgan fingerprint density at radius 1 is 0.816 bits per heavy atom. The van der Waals surface area contributed by atoms with Gasteiger partial charge < -0.3 is 19.5 Å². The van der Waals surface area contributed by atoms with Crippen LogP contribution in [-0.4, -0.2) is 40.1 Å². The van der Waals surface area contributed by atoms with Crippen LogP contribution in [0.2, 0.25) is 0 Å². The van der Waals surface area contributed by atoms with Crippen molar-refractivity contribution in [1.29, 1.82) is 0 Å². The number of furan rings is 1. The third-order valence-electron chi connectivity index (χ3n) is 6.83. The van der Waals surface area contributed by atoms with E-state index < -0.39 is 0 Å². The predicted octanol–water partition coefficient (Wildman–Crippen LogP) is 6.84. The first-order valence-corrected chi connectivity index (χ1v) is 12.6. The quantitative estimate of drug-likeness (QED) is 0.250. The Morgan fingerprint density at radius 3 is 2.11 bits per heavy atom. The number of halogens is 1. The van der Waals surface area contributed by atoms with Crippen LogP contribution in [0.15, 0.2) is 101 Å². The van der Waals surface area contributed by atoms with E-state index in [1.165, 1.54) is 12.1 Å². The lowest BCUT2D eigenvalue weighted by Crippen LogP contribution is -2.30. The largest absolute Gasteiger partial charge is 0.455 e. The Balaban J connectivity index is 1.61. The third-order valence-corrected chi connectivity index (χ3v) is 6.83. The molecule has 1 heterocycles. The number of carbonyl (C=O) groups excluding carboxylic acids is 1. The minimum absolute atomic E-state index is 0.257. The Morgan fingerprint density at radius 2 is 1.45 bits per heavy atom. The second kappa shape index (κ2) is 10.8. The molecule has 1 aromatic heterocycles. The number of benzene rings is 4. The summed E-state index contributed by atoms with van der Waals surface area (Å²) in [7, 11) is 5.75. The number of fused-ring (bicyclic) bond motifs is 1. The summed E-state index contributed by atoms with van der Waals surface area (Å²) in [6.45, 7) is 1.58. The number of rotatable bonds is 8. The fraction of sp³-hybridized carbons (Fsp3) is 0.156. The van der Waals surface area contributed by atoms with E-state index in [2.05, 4.69) is 53.5 Å². The summed E-state index contributed by atoms with van der Waals surface area (Å²) in [6.07, 6.45) is 0. The Kier molecular flexibility index (Phi) is 7.13. The highest BCUT2D eigenvalue weighted by Gasteiger charge is 2.24. The summed E-state index contributed by atoms with van der Waals surface area (Å²) in [5.74, 6) is -0.184. The maximum atomic E-state index is 13.6. The first-order valence-electron chi connectivity index (χ1n) is 12.6. The Hall–Kier alpha value is -4.58. The molecule has 0 unspecified atom stereocenters. The maximum Gasteiger partial charge on any atom is 0.255 e. The van der Waals surface area contributed by atoms with Gasteiger partial charge in [0.15, 0.2) is 0 Å². The van der Waals surface area contributed by atoms with Gasteiger partial charge in [0, 0.05) is 68.2 Å². The molecule has 0 spiro atoms. The van der Waals surface area contributed by atoms with Crippen LogP contribution < -0.4 is 15.1 Å². The van der Waals surface area contributed by atoms with Gasteiger partial charge in [0.25, 0.3) is 5.91 Å². The van der Waals surface area contributed by atoms with Gasteiger partial charge in [-0.15, -0.1) is 0 Å². The fourth-order valence-corrected chi connectivity index (χ4v) is 4.68. The monoisotopic (exact) mass is 507 g/mol. The average Bonchev–Trinajstić information content (AvgIpc) is 3.34. The molecule has 4 aromatic carbocycles. The van der Waals surface area contributed by atoms with Crippen molar-refractivity contribution in [3.05, 3.63) is 108 Å². The minimum atomic E-state index is -0.345. The third kappa shape index (κ3) is 4.98. The molecule has 0 fully saturated rings. The Bertz CT molecular complexity index is 1550. The van der Waals surface area contributed by atoms with Gasteiger partial charge in [-0.05, 0) is 48.0 Å². The van der Waals surface area contributed by atoms with Gasteiger partial charge in [0.1, 0.15) is 17.2 Å². The first-order chi connectivity index (χ1) is 18.5. The van der Waals surface area contributed by atoms with E-state index in [9.17, 15) is 9.18 Å². The summed E-state index contributed by atoms with van der Waals surface area (Å²) in [5, 5.41) is 3.45. The zero-order valence-electron chi connectivity index (χ0n) is 21.7. The number of likely N-dealkylation sites (N-methyl/N-ethyl adjacent to an activating group) is 2. The second-order valence-electron chi connectivity index (χ2n) is 9.30. The minimum Gasteiger partial charge on any atom is -0.455 e. The number of hydrogen-bond donors (Lipinski definition) is 1. The van der Waals surface area contributed by atoms with Gasteiger partial charge in [-0.3, -0.25) is 4.79 Å². The standard InChI is InChI=1S/C32H30FN3O2/c1-34-32(37)30-27-20-26(22-10-6-4-7-11-22)28(36(3)19-18-35(2)25-12-8-5-9-13-25)21-29(27)38-31(30)23-14-16-24(33)17-15-23/h4-17,20-21H,18-19H2,1-3H3,(H,34,37). The molecule has 5 aromatic rings. The summed E-state index contributed by atoms with van der Waals surface area (Å²) in [4.78, 5) is 17.5. The van der Waals surface area contributed by atoms with E-state index in [4.69, 9.17) is 4.42 Å². The number of hydrogen-bond acceptors (Lipinski definition) is 4. The lowest BCUT2D eigenvalue weighted by atomic mass is 9.98. The van der Waals surface area contributed by atoms with Crippen molar-refractivity contribution >= 4 is 28.3 Å². The lowest BCUT2D eigenvalue weighted by molar-refractivity contribution is 0.0964. The maximum absolute atomic E-state index is 13.6. The molecule has 0 radical (unpaired) electrons. The smallest absolute Gasteiger partial charge is 0.255 e. The van der Waals surface area contributed by atoms with Crippen LogP contribution in [0, 0.1) is 5.82 Å². The molecule has 0 aliphatic carbocycles. The summed E-state index contributed by atoms with van der Waals surface area (Å²) in [6, 6.07) is 30.4. The highest BCUT2D eigenvalue weighted by atomic mass is 19.1. The Labute approximate surface area is 222 Å². The molecule has 192 valence electrons. The van der Waals surface area contributed by atoms with Gasteiger partial charge >= 0.3 is 0 Å². The molecule has 0 saturated heterocycles. The van der Waals surface area contributed by atoms with Crippen molar-refractivity contribution in [3.8, 4) is 22.5 Å². The summed E-state index contributed by atoms with van der Waals surface area (Å²) < 4.78 is 19.9. The molecule has 6 heteroatoms. The van der Waals surface area contributed by atoms with Gasteiger partial charge in [-0.1, -0.05) is 48.5 Å². The van der Waals surface area contributed by atoms with Crippen molar-refractivity contribution in [2.75, 3.05) is 44.0 Å². The van der Waals surface area contributed by atoms with Gasteiger partial charge in [0.05, 0.1) is 5.56 Å². The topological polar surface area (TPSA) is 48.7 Å². The molecule has 38 heavy (non-hydrogen) atoms. The van der Waals surface area contributed by atoms with E-state index in [-0.39, 0.29) is 11.7 Å². The normalized spacial score (nSPS) is 10.9. The highest BCUT2D eigenvalue weighted by molar-refractivity contribution is 6.12. The van der Waals surface area contributed by atoms with Crippen LogP contribution >= 0.6 is 0 Å². The first kappa shape index (κ1) is 25.1. The van der Waals surface area contributed by atoms with E-state index in [1.54, 1.807) is 19.2 Å². The molecular formula is C32H30FN3O2. The number of carbonyl (C=O) groups is 1. The SMILES string of the molecule is CNC(=O)c1c(-c2ccc(F)cc2)oc2cc(N(C)CCN(C)c3ccccc3)c(-c3ccccc3)cc12. The number of nitrogens with zero attached hydrogens (tertiary/aromatic N) is 2. The van der Waals surface area contributed by atoms with Crippen LogP contribution in [0.3, 0.4) is 0 Å². The van der Waals surface area contributed by atoms with Crippen molar-refractivity contribution in [1.82, 2.24) is 5.32 Å². The molecule has 0 saturated carbocycles. The van der Waals surface area contributed by atoms with Crippen LogP contribution in [-0.2, 0) is 0 Å². The summed E-state index contributed by atoms with van der Waals surface area (Å²) >= 11 is 0. The van der Waals surface area contributed by atoms with E-state index in [1.807, 2.05) is 48.5 Å². The molecule has 1 N–H and O–H groups in total. The van der Waals surface area contributed by atoms with Crippen molar-refractivity contribution in [2.45, 2.75) is 0 Å². The number of amides is 1. The molecule has 1 amide bonds. The highest BCUT2D eigenvalue weighted by Crippen LogP contribution is 2.40. The molecule has 0 bridgehead atoms. The van der Waals surface area contributed by atoms with Crippen molar-refractivity contribution in [2.24, 2.45) is 0 Å². The number of anilines is 2. The van der Waals surface area contributed by atoms with Crippen molar-refractivity contribution in [3.63, 3.8) is 0 Å². The number of nitrogens with one attached hydrogen (secondary N) is 1. The summed E-state index contributed by atoms with van der Waals surface area (Å²) in [5.41, 5.74) is 5.87. The van der Waals surface area contributed by atoms with Crippen LogP contribution in [0.5, 0.6) is 0 Å². The van der Waals surface area contributed by atoms with Gasteiger partial charge in [-0.2, -0.15) is 0 Å². The lowest BCUT2D eigenvalue weighted by Gasteiger charge is -2.27. The predicted molar refractivity (Wildman–Crippen MR) is 153 cm³/mol. The van der Waals surface area contributed by atoms with E-state index >= 15 is 0 Å². The van der Waals surface area contributed by atoms with E-state index in [0.29, 0.717) is 27.9 Å². The van der Waals surface area contributed by atoms with Gasteiger partial charge in [-0.25, -0.2) is 4.39 Å². The van der Waals surface area contributed by atoms with E-state index in [0.717, 1.165) is 35.6 Å². The van der Waals surface area contributed by atoms with Crippen LogP contribution in [0.1, 0.15) is 10.4 Å². The van der Waals surface area contributed by atoms with Crippen LogP contribution in [0.25, 0.3) is 33.4 Å². The molecule has 5 nitrogen and oxygen atoms in total. The molecule has 0 aliphatic heterocycles. The molecular weight excluding hydrogens is 477 g/mol.